The van der Waals surface area contributed by atoms with E-state index in [9.17, 15) is 39.0 Å². The van der Waals surface area contributed by atoms with Crippen molar-refractivity contribution < 1.29 is 43.7 Å². The van der Waals surface area contributed by atoms with Gasteiger partial charge in [0, 0.05) is 32.2 Å². The highest BCUT2D eigenvalue weighted by Gasteiger charge is 2.69. The van der Waals surface area contributed by atoms with Crippen LogP contribution in [0.15, 0.2) is 6.07 Å². The van der Waals surface area contributed by atoms with Gasteiger partial charge >= 0.3 is 5.97 Å². The lowest BCUT2D eigenvalue weighted by molar-refractivity contribution is -0.181. The Hall–Kier alpha value is -3.68. The van der Waals surface area contributed by atoms with E-state index in [1.165, 1.54) is 25.1 Å². The van der Waals surface area contributed by atoms with Gasteiger partial charge in [0.2, 0.25) is 5.91 Å². The van der Waals surface area contributed by atoms with Crippen LogP contribution in [0.2, 0.25) is 0 Å². The number of aliphatic hydroxyl groups is 1. The average molecular weight is 573 g/mol. The van der Waals surface area contributed by atoms with Crippen LogP contribution in [0, 0.1) is 23.7 Å². The van der Waals surface area contributed by atoms with Crippen molar-refractivity contribution in [1.29, 1.82) is 0 Å². The van der Waals surface area contributed by atoms with Gasteiger partial charge in [0.15, 0.2) is 34.7 Å². The van der Waals surface area contributed by atoms with Crippen LogP contribution in [-0.4, -0.2) is 122 Å². The second-order valence-corrected chi connectivity index (χ2v) is 11.8. The number of anilines is 1. The Balaban J connectivity index is 1.84. The van der Waals surface area contributed by atoms with Crippen molar-refractivity contribution in [2.75, 3.05) is 60.3 Å². The van der Waals surface area contributed by atoms with Gasteiger partial charge in [-0.1, -0.05) is 0 Å². The maximum absolute atomic E-state index is 14.0. The Kier molecular flexibility index (Phi) is 7.84. The van der Waals surface area contributed by atoms with Gasteiger partial charge in [-0.25, -0.2) is 4.79 Å². The minimum Gasteiger partial charge on any atom is -0.506 e. The van der Waals surface area contributed by atoms with Crippen LogP contribution >= 0.6 is 0 Å². The van der Waals surface area contributed by atoms with Crippen molar-refractivity contribution in [2.45, 2.75) is 24.5 Å². The predicted molar refractivity (Wildman–Crippen MR) is 145 cm³/mol. The van der Waals surface area contributed by atoms with E-state index < -0.39 is 76.1 Å². The normalized spacial score (nSPS) is 29.2. The van der Waals surface area contributed by atoms with Crippen LogP contribution in [0.25, 0.3) is 0 Å². The molecular formula is C28H36N4O9. The maximum Gasteiger partial charge on any atom is 0.342 e. The number of aromatic hydroxyl groups is 1. The highest BCUT2D eigenvalue weighted by molar-refractivity contribution is 6.32. The minimum absolute atomic E-state index is 0.0279. The first-order valence-electron chi connectivity index (χ1n) is 13.3. The molecular weight excluding hydrogens is 536 g/mol. The second kappa shape index (κ2) is 10.6. The summed E-state index contributed by atoms with van der Waals surface area (Å²) in [5.74, 6) is -12.5. The Morgan fingerprint density at radius 2 is 1.71 bits per heavy atom. The first-order valence-corrected chi connectivity index (χ1v) is 13.3. The second-order valence-electron chi connectivity index (χ2n) is 11.8. The number of ether oxygens (including phenoxy) is 1. The van der Waals surface area contributed by atoms with E-state index in [0.717, 1.165) is 0 Å². The molecule has 0 spiro atoms. The molecule has 41 heavy (non-hydrogen) atoms. The van der Waals surface area contributed by atoms with Crippen LogP contribution in [-0.2, 0) is 30.3 Å². The van der Waals surface area contributed by atoms with Gasteiger partial charge in [-0.15, -0.1) is 0 Å². The number of likely N-dealkylation sites (N-methyl/N-ethyl adjacent to an activating group) is 2. The summed E-state index contributed by atoms with van der Waals surface area (Å²) in [6.07, 6.45) is 0.0225. The Labute approximate surface area is 237 Å². The number of hydrogen-bond acceptors (Lipinski definition) is 12. The summed E-state index contributed by atoms with van der Waals surface area (Å²) in [7, 11) is 10.0. The quantitative estimate of drug-likeness (QED) is 0.258. The highest BCUT2D eigenvalue weighted by Crippen LogP contribution is 2.52. The van der Waals surface area contributed by atoms with Crippen molar-refractivity contribution in [1.82, 2.24) is 9.80 Å². The van der Waals surface area contributed by atoms with Crippen molar-refractivity contribution in [3.8, 4) is 5.75 Å². The van der Waals surface area contributed by atoms with E-state index in [4.69, 9.17) is 10.5 Å². The van der Waals surface area contributed by atoms with Crippen molar-refractivity contribution in [3.63, 3.8) is 0 Å². The molecule has 0 heterocycles. The highest BCUT2D eigenvalue weighted by atomic mass is 16.5. The lowest BCUT2D eigenvalue weighted by Crippen LogP contribution is -2.74. The number of fused-ring (bicyclic) bond motifs is 3. The van der Waals surface area contributed by atoms with Gasteiger partial charge in [0.25, 0.3) is 0 Å². The summed E-state index contributed by atoms with van der Waals surface area (Å²) in [6, 6.07) is 0.242. The smallest absolute Gasteiger partial charge is 0.342 e. The van der Waals surface area contributed by atoms with Crippen LogP contribution in [0.1, 0.15) is 32.7 Å². The number of phenols is 1. The zero-order chi connectivity index (χ0) is 30.7. The summed E-state index contributed by atoms with van der Waals surface area (Å²) in [5.41, 5.74) is 2.85. The number of carbonyl (C=O) groups excluding carboxylic acids is 6. The number of primary amides is 1. The molecule has 0 aromatic heterocycles. The van der Waals surface area contributed by atoms with Crippen LogP contribution in [0.3, 0.4) is 0 Å². The Bertz CT molecular complexity index is 1350. The molecule has 13 nitrogen and oxygen atoms in total. The summed E-state index contributed by atoms with van der Waals surface area (Å²) in [5, 5.41) is 22.9. The fourth-order valence-corrected chi connectivity index (χ4v) is 6.61. The number of esters is 1. The van der Waals surface area contributed by atoms with Gasteiger partial charge in [0.1, 0.15) is 17.9 Å². The summed E-state index contributed by atoms with van der Waals surface area (Å²) in [6.45, 7) is 0.450. The minimum atomic E-state index is -2.82. The molecule has 0 saturated heterocycles. The molecule has 3 aliphatic carbocycles. The molecule has 2 saturated carbocycles. The number of rotatable bonds is 7. The Morgan fingerprint density at radius 1 is 1.07 bits per heavy atom. The summed E-state index contributed by atoms with van der Waals surface area (Å²) in [4.78, 5) is 84.5. The van der Waals surface area contributed by atoms with E-state index >= 15 is 0 Å². The first-order chi connectivity index (χ1) is 19.0. The van der Waals surface area contributed by atoms with Crippen molar-refractivity contribution in [2.24, 2.45) is 29.4 Å². The molecule has 4 rings (SSSR count). The molecule has 1 aromatic rings. The monoisotopic (exact) mass is 572 g/mol. The lowest BCUT2D eigenvalue weighted by Gasteiger charge is -2.52. The average Bonchev–Trinajstić information content (AvgIpc) is 2.85. The topological polar surface area (TPSA) is 188 Å². The molecule has 13 heteroatoms. The van der Waals surface area contributed by atoms with E-state index in [1.807, 2.05) is 0 Å². The number of phenolic OH excluding ortho intramolecular Hbond substituents is 1. The van der Waals surface area contributed by atoms with Gasteiger partial charge in [-0.2, -0.15) is 0 Å². The Morgan fingerprint density at radius 3 is 2.24 bits per heavy atom. The third-order valence-corrected chi connectivity index (χ3v) is 8.51. The molecule has 0 aliphatic heterocycles. The third kappa shape index (κ3) is 4.61. The molecule has 1 aromatic carbocycles. The fraction of sp³-hybridized carbons (Fsp3) is 0.571. The zero-order valence-corrected chi connectivity index (χ0v) is 24.0. The lowest BCUT2D eigenvalue weighted by atomic mass is 9.52. The number of amides is 1. The number of hydrogen-bond donors (Lipinski definition) is 3. The van der Waals surface area contributed by atoms with Crippen molar-refractivity contribution >= 4 is 40.7 Å². The van der Waals surface area contributed by atoms with E-state index in [2.05, 4.69) is 0 Å². The van der Waals surface area contributed by atoms with Crippen LogP contribution in [0.4, 0.5) is 5.69 Å². The third-order valence-electron chi connectivity index (χ3n) is 8.51. The molecule has 0 radical (unpaired) electrons. The standard InChI is InChI=1S/C28H36N4O9/c1-30(2)7-8-41-27(39)14-11-16(31(3)4)13-9-12-10-15-20(32(5)6)23(35)19(26(29)38)25(37)28(15,40)24(36)17(12)22(34)18(13)21(14)33/h11-12,15,17,19-20,33,40H,7-10H2,1-6H3,(H2,29,38)/t12-,15-,17?,19?,20-,28-/m0/s1. The molecule has 2 unspecified atom stereocenters. The zero-order valence-electron chi connectivity index (χ0n) is 24.0. The first kappa shape index (κ1) is 30.3. The molecule has 3 aliphatic rings. The van der Waals surface area contributed by atoms with Crippen LogP contribution in [0.5, 0.6) is 5.75 Å². The maximum atomic E-state index is 14.0. The van der Waals surface area contributed by atoms with Gasteiger partial charge in [0.05, 0.1) is 17.5 Å². The summed E-state index contributed by atoms with van der Waals surface area (Å²) < 4.78 is 5.29. The summed E-state index contributed by atoms with van der Waals surface area (Å²) >= 11 is 0. The fourth-order valence-electron chi connectivity index (χ4n) is 6.61. The van der Waals surface area contributed by atoms with Crippen LogP contribution < -0.4 is 10.6 Å². The SMILES string of the molecule is CN(C)CCOC(=O)c1cc(N(C)C)c2c(c1O)C(=O)C1C(=O)[C@]3(O)C(=O)C(C(N)=O)C(=O)[C@@H](N(C)C)[C@@H]3C[C@@H]1C2. The van der Waals surface area contributed by atoms with Gasteiger partial charge in [-0.3, -0.25) is 28.9 Å². The number of ketones is 4. The molecule has 6 atom stereocenters. The molecule has 4 N–H and O–H groups in total. The number of benzene rings is 1. The number of nitrogens with two attached hydrogens (primary N) is 1. The molecule has 222 valence electrons. The van der Waals surface area contributed by atoms with Gasteiger partial charge in [-0.05, 0) is 58.6 Å². The van der Waals surface area contributed by atoms with Gasteiger partial charge < -0.3 is 30.5 Å². The number of Topliss-reactive ketones (excluding diaryl/α,β-unsaturated/α-hetero) is 4. The largest absolute Gasteiger partial charge is 0.506 e. The van der Waals surface area contributed by atoms with E-state index in [1.54, 1.807) is 38.0 Å². The van der Waals surface area contributed by atoms with E-state index in [-0.39, 0.29) is 30.6 Å². The number of carbonyl (C=O) groups is 6. The van der Waals surface area contributed by atoms with E-state index in [0.29, 0.717) is 17.8 Å². The van der Waals surface area contributed by atoms with Crippen molar-refractivity contribution in [3.05, 3.63) is 22.8 Å². The molecule has 2 fully saturated rings. The predicted octanol–water partition coefficient (Wildman–Crippen LogP) is -1.35. The molecule has 1 amide bonds. The number of nitrogens with zero attached hydrogens (tertiary/aromatic N) is 3. The molecule has 0 bridgehead atoms.